The van der Waals surface area contributed by atoms with E-state index >= 15 is 0 Å². The van der Waals surface area contributed by atoms with E-state index in [1.807, 2.05) is 6.92 Å². The first kappa shape index (κ1) is 21.5. The molecule has 0 atom stereocenters. The lowest BCUT2D eigenvalue weighted by molar-refractivity contribution is 0.631. The molecule has 0 aromatic carbocycles. The zero-order valence-corrected chi connectivity index (χ0v) is 15.2. The molecule has 0 saturated carbocycles. The number of nitrogens with zero attached hydrogens (tertiary/aromatic N) is 1. The molecule has 0 aliphatic heterocycles. The molecule has 0 bridgehead atoms. The highest BCUT2D eigenvalue weighted by Gasteiger charge is 2.04. The molecule has 0 aliphatic rings. The van der Waals surface area contributed by atoms with Crippen molar-refractivity contribution in [2.24, 2.45) is 10.7 Å². The summed E-state index contributed by atoms with van der Waals surface area (Å²) >= 11 is 0. The maximum absolute atomic E-state index is 13.2. The normalized spacial score (nSPS) is 13.8. The van der Waals surface area contributed by atoms with E-state index in [1.54, 1.807) is 32.3 Å². The van der Waals surface area contributed by atoms with Gasteiger partial charge in [0, 0.05) is 25.5 Å². The lowest BCUT2D eigenvalue weighted by Crippen LogP contribution is -2.28. The molecule has 0 radical (unpaired) electrons. The molecule has 0 aromatic rings. The van der Waals surface area contributed by atoms with E-state index in [0.29, 0.717) is 24.4 Å². The Hall–Kier alpha value is -2.52. The van der Waals surface area contributed by atoms with Crippen molar-refractivity contribution in [2.75, 3.05) is 20.1 Å². The molecule has 0 rings (SSSR count). The highest BCUT2D eigenvalue weighted by molar-refractivity contribution is 6.00. The fourth-order valence-corrected chi connectivity index (χ4v) is 1.66. The molecule has 0 aliphatic carbocycles. The largest absolute Gasteiger partial charge is 0.401 e. The summed E-state index contributed by atoms with van der Waals surface area (Å²) < 4.78 is 13.2. The van der Waals surface area contributed by atoms with E-state index in [9.17, 15) is 4.39 Å². The predicted octanol–water partition coefficient (Wildman–Crippen LogP) is 3.49. The molecule has 5 heteroatoms. The van der Waals surface area contributed by atoms with Gasteiger partial charge < -0.3 is 16.4 Å². The fraction of sp³-hybridized carbons (Fsp3) is 0.368. The van der Waals surface area contributed by atoms with E-state index in [1.165, 1.54) is 6.92 Å². The third kappa shape index (κ3) is 8.81. The molecule has 0 aromatic heterocycles. The number of nitrogens with two attached hydrogens (primary N) is 1. The number of halogens is 1. The molecule has 4 nitrogen and oxygen atoms in total. The van der Waals surface area contributed by atoms with Gasteiger partial charge in [-0.05, 0) is 37.5 Å². The monoisotopic (exact) mass is 332 g/mol. The lowest BCUT2D eigenvalue weighted by atomic mass is 10.1. The van der Waals surface area contributed by atoms with Gasteiger partial charge in [-0.15, -0.1) is 5.73 Å². The summed E-state index contributed by atoms with van der Waals surface area (Å²) in [6.45, 7) is 13.7. The molecular weight excluding hydrogens is 303 g/mol. The first-order chi connectivity index (χ1) is 11.3. The van der Waals surface area contributed by atoms with E-state index < -0.39 is 0 Å². The number of nitrogens with one attached hydrogen (secondary N) is 2. The highest BCUT2D eigenvalue weighted by Crippen LogP contribution is 2.09. The SMILES string of the molecule is C=C=C/C(=C\C(C)=C(/C)F)CNC(=C)C(CN/C=C(/N)CC)=NC. The third-order valence-corrected chi connectivity index (χ3v) is 3.32. The van der Waals surface area contributed by atoms with Gasteiger partial charge in [0.25, 0.3) is 0 Å². The van der Waals surface area contributed by atoms with Gasteiger partial charge in [0.05, 0.1) is 23.8 Å². The Morgan fingerprint density at radius 1 is 1.33 bits per heavy atom. The zero-order valence-electron chi connectivity index (χ0n) is 15.2. The van der Waals surface area contributed by atoms with Crippen molar-refractivity contribution in [1.29, 1.82) is 0 Å². The Balaban J connectivity index is 4.83. The first-order valence-corrected chi connectivity index (χ1v) is 7.81. The Morgan fingerprint density at radius 2 is 2.00 bits per heavy atom. The van der Waals surface area contributed by atoms with Crippen LogP contribution in [-0.4, -0.2) is 25.8 Å². The van der Waals surface area contributed by atoms with Crippen molar-refractivity contribution in [3.63, 3.8) is 0 Å². The van der Waals surface area contributed by atoms with Crippen LogP contribution >= 0.6 is 0 Å². The predicted molar refractivity (Wildman–Crippen MR) is 102 cm³/mol. The summed E-state index contributed by atoms with van der Waals surface area (Å²) in [7, 11) is 1.70. The second-order valence-corrected chi connectivity index (χ2v) is 5.24. The van der Waals surface area contributed by atoms with Crippen LogP contribution in [0.1, 0.15) is 27.2 Å². The lowest BCUT2D eigenvalue weighted by Gasteiger charge is -2.13. The number of hydrogen-bond donors (Lipinski definition) is 3. The molecule has 0 spiro atoms. The standard InChI is InChI=1S/C19H29FN4/c1-7-9-17(10-14(3)15(4)20)11-24-16(5)19(22-6)13-23-12-18(21)8-2/h9-10,12,23-24H,1,5,8,11,13,21H2,2-4,6H3/b15-14+,17-10+,18-12+,22-19?. The number of rotatable bonds is 10. The fourth-order valence-electron chi connectivity index (χ4n) is 1.66. The van der Waals surface area contributed by atoms with Crippen molar-refractivity contribution >= 4 is 5.71 Å². The molecular formula is C19H29FN4. The van der Waals surface area contributed by atoms with Crippen LogP contribution in [0, 0.1) is 0 Å². The molecule has 24 heavy (non-hydrogen) atoms. The van der Waals surface area contributed by atoms with Crippen molar-refractivity contribution in [3.05, 3.63) is 65.6 Å². The molecule has 0 heterocycles. The average Bonchev–Trinajstić information content (AvgIpc) is 2.55. The summed E-state index contributed by atoms with van der Waals surface area (Å²) in [6, 6.07) is 0. The molecule has 0 saturated heterocycles. The minimum Gasteiger partial charge on any atom is -0.401 e. The highest BCUT2D eigenvalue weighted by atomic mass is 19.1. The van der Waals surface area contributed by atoms with Crippen molar-refractivity contribution < 1.29 is 4.39 Å². The summed E-state index contributed by atoms with van der Waals surface area (Å²) in [5, 5.41) is 6.29. The Kier molecular flexibility index (Phi) is 10.7. The molecule has 0 amide bonds. The van der Waals surface area contributed by atoms with Crippen molar-refractivity contribution in [3.8, 4) is 0 Å². The van der Waals surface area contributed by atoms with Gasteiger partial charge in [-0.1, -0.05) is 26.2 Å². The smallest absolute Gasteiger partial charge is 0.0997 e. The maximum atomic E-state index is 13.2. The second-order valence-electron chi connectivity index (χ2n) is 5.24. The number of hydrogen-bond acceptors (Lipinski definition) is 4. The van der Waals surface area contributed by atoms with Crippen LogP contribution in [0.2, 0.25) is 0 Å². The van der Waals surface area contributed by atoms with Crippen molar-refractivity contribution in [1.82, 2.24) is 10.6 Å². The van der Waals surface area contributed by atoms with E-state index in [4.69, 9.17) is 5.73 Å². The van der Waals surface area contributed by atoms with Gasteiger partial charge in [-0.3, -0.25) is 4.99 Å². The molecule has 0 unspecified atom stereocenters. The van der Waals surface area contributed by atoms with Crippen LogP contribution in [0.15, 0.2) is 70.6 Å². The molecule has 4 N–H and O–H groups in total. The third-order valence-electron chi connectivity index (χ3n) is 3.32. The Labute approximate surface area is 145 Å². The minimum atomic E-state index is -0.218. The summed E-state index contributed by atoms with van der Waals surface area (Å²) in [5.41, 5.74) is 12.1. The summed E-state index contributed by atoms with van der Waals surface area (Å²) in [6.07, 6.45) is 6.01. The Bertz CT molecular complexity index is 599. The zero-order chi connectivity index (χ0) is 18.5. The van der Waals surface area contributed by atoms with Gasteiger partial charge in [0.2, 0.25) is 0 Å². The average molecular weight is 332 g/mol. The maximum Gasteiger partial charge on any atom is 0.0997 e. The van der Waals surface area contributed by atoms with Gasteiger partial charge >= 0.3 is 0 Å². The number of allylic oxidation sites excluding steroid dienone is 4. The van der Waals surface area contributed by atoms with Gasteiger partial charge in [0.15, 0.2) is 0 Å². The van der Waals surface area contributed by atoms with Crippen LogP contribution in [-0.2, 0) is 0 Å². The summed E-state index contributed by atoms with van der Waals surface area (Å²) in [5.74, 6) is -0.218. The second kappa shape index (κ2) is 12.0. The molecule has 132 valence electrons. The van der Waals surface area contributed by atoms with Gasteiger partial charge in [0.1, 0.15) is 0 Å². The van der Waals surface area contributed by atoms with Gasteiger partial charge in [-0.25, -0.2) is 4.39 Å². The number of aliphatic imine (C=N–C) groups is 1. The van der Waals surface area contributed by atoms with Crippen LogP contribution in [0.4, 0.5) is 4.39 Å². The topological polar surface area (TPSA) is 62.4 Å². The van der Waals surface area contributed by atoms with E-state index in [2.05, 4.69) is 34.5 Å². The van der Waals surface area contributed by atoms with Crippen LogP contribution < -0.4 is 16.4 Å². The first-order valence-electron chi connectivity index (χ1n) is 7.81. The van der Waals surface area contributed by atoms with Crippen LogP contribution in [0.5, 0.6) is 0 Å². The van der Waals surface area contributed by atoms with Crippen LogP contribution in [0.25, 0.3) is 0 Å². The van der Waals surface area contributed by atoms with E-state index in [-0.39, 0.29) is 5.83 Å². The van der Waals surface area contributed by atoms with Crippen LogP contribution in [0.3, 0.4) is 0 Å². The van der Waals surface area contributed by atoms with Crippen molar-refractivity contribution in [2.45, 2.75) is 27.2 Å². The summed E-state index contributed by atoms with van der Waals surface area (Å²) in [4.78, 5) is 4.22. The molecule has 0 fully saturated rings. The minimum absolute atomic E-state index is 0.218. The Morgan fingerprint density at radius 3 is 2.50 bits per heavy atom. The van der Waals surface area contributed by atoms with E-state index in [0.717, 1.165) is 23.4 Å². The van der Waals surface area contributed by atoms with Gasteiger partial charge in [-0.2, -0.15) is 0 Å². The quantitative estimate of drug-likeness (QED) is 0.326.